The van der Waals surface area contributed by atoms with Gasteiger partial charge in [0.05, 0.1) is 24.6 Å². The van der Waals surface area contributed by atoms with Gasteiger partial charge in [0.25, 0.3) is 10.0 Å². The highest BCUT2D eigenvalue weighted by Gasteiger charge is 2.21. The summed E-state index contributed by atoms with van der Waals surface area (Å²) in [6.07, 6.45) is 14.2. The molecular formula is C28H39NO5S. The van der Waals surface area contributed by atoms with Gasteiger partial charge in [-0.15, -0.1) is 0 Å². The number of aryl methyl sites for hydroxylation is 1. The molecule has 3 rings (SSSR count). The van der Waals surface area contributed by atoms with E-state index in [1.54, 1.807) is 50.7 Å². The predicted molar refractivity (Wildman–Crippen MR) is 141 cm³/mol. The SMILES string of the molecule is COc1ccc(S(=O)(=O)n2cc(CCCCCCCCCCCCO)c3cc(OC)ccc32)cc1. The van der Waals surface area contributed by atoms with E-state index < -0.39 is 10.0 Å². The van der Waals surface area contributed by atoms with Gasteiger partial charge in [-0.3, -0.25) is 0 Å². The fraction of sp³-hybridized carbons (Fsp3) is 0.500. The van der Waals surface area contributed by atoms with Crippen molar-refractivity contribution in [2.24, 2.45) is 0 Å². The monoisotopic (exact) mass is 501 g/mol. The summed E-state index contributed by atoms with van der Waals surface area (Å²) in [7, 11) is -0.554. The minimum atomic E-state index is -3.74. The molecule has 0 saturated heterocycles. The lowest BCUT2D eigenvalue weighted by Crippen LogP contribution is -2.11. The Labute approximate surface area is 209 Å². The van der Waals surface area contributed by atoms with Crippen LogP contribution in [0.4, 0.5) is 0 Å². The Morgan fingerprint density at radius 1 is 0.743 bits per heavy atom. The van der Waals surface area contributed by atoms with Crippen molar-refractivity contribution in [3.63, 3.8) is 0 Å². The van der Waals surface area contributed by atoms with E-state index in [0.29, 0.717) is 17.9 Å². The Balaban J connectivity index is 1.64. The molecule has 6 nitrogen and oxygen atoms in total. The molecule has 0 aliphatic rings. The van der Waals surface area contributed by atoms with Crippen LogP contribution in [0.1, 0.15) is 69.8 Å². The third-order valence-corrected chi connectivity index (χ3v) is 8.22. The lowest BCUT2D eigenvalue weighted by molar-refractivity contribution is 0.282. The first-order chi connectivity index (χ1) is 17.0. The number of ether oxygens (including phenoxy) is 2. The molecule has 0 aliphatic heterocycles. The zero-order valence-corrected chi connectivity index (χ0v) is 21.9. The van der Waals surface area contributed by atoms with Crippen molar-refractivity contribution in [2.75, 3.05) is 20.8 Å². The van der Waals surface area contributed by atoms with Crippen LogP contribution in [-0.4, -0.2) is 38.3 Å². The molecule has 0 atom stereocenters. The van der Waals surface area contributed by atoms with Crippen LogP contribution in [0.25, 0.3) is 10.9 Å². The van der Waals surface area contributed by atoms with Gasteiger partial charge in [0.2, 0.25) is 0 Å². The Morgan fingerprint density at radius 2 is 1.29 bits per heavy atom. The van der Waals surface area contributed by atoms with E-state index >= 15 is 0 Å². The summed E-state index contributed by atoms with van der Waals surface area (Å²) in [5.74, 6) is 1.34. The summed E-state index contributed by atoms with van der Waals surface area (Å²) >= 11 is 0. The number of hydrogen-bond donors (Lipinski definition) is 1. The maximum absolute atomic E-state index is 13.5. The molecule has 1 aromatic heterocycles. The molecule has 0 amide bonds. The van der Waals surface area contributed by atoms with Crippen LogP contribution in [0, 0.1) is 0 Å². The molecule has 0 fully saturated rings. The van der Waals surface area contributed by atoms with Crippen LogP contribution < -0.4 is 9.47 Å². The van der Waals surface area contributed by atoms with Gasteiger partial charge in [0.1, 0.15) is 11.5 Å². The highest BCUT2D eigenvalue weighted by molar-refractivity contribution is 7.90. The molecule has 0 radical (unpaired) electrons. The van der Waals surface area contributed by atoms with Crippen molar-refractivity contribution in [3.05, 3.63) is 54.2 Å². The molecule has 0 spiro atoms. The van der Waals surface area contributed by atoms with E-state index in [1.165, 1.54) is 42.5 Å². The van der Waals surface area contributed by atoms with E-state index in [2.05, 4.69) is 0 Å². The summed E-state index contributed by atoms with van der Waals surface area (Å²) in [5.41, 5.74) is 1.69. The highest BCUT2D eigenvalue weighted by atomic mass is 32.2. The van der Waals surface area contributed by atoms with Gasteiger partial charge in [-0.1, -0.05) is 51.4 Å². The molecule has 7 heteroatoms. The molecule has 192 valence electrons. The molecule has 2 aromatic carbocycles. The first kappa shape index (κ1) is 27.1. The fourth-order valence-corrected chi connectivity index (χ4v) is 5.86. The molecule has 35 heavy (non-hydrogen) atoms. The van der Waals surface area contributed by atoms with Crippen molar-refractivity contribution < 1.29 is 23.0 Å². The largest absolute Gasteiger partial charge is 0.497 e. The second-order valence-corrected chi connectivity index (χ2v) is 10.8. The van der Waals surface area contributed by atoms with Crippen molar-refractivity contribution in [1.29, 1.82) is 0 Å². The predicted octanol–water partition coefficient (Wildman–Crippen LogP) is 6.33. The van der Waals surface area contributed by atoms with Crippen LogP contribution in [0.3, 0.4) is 0 Å². The van der Waals surface area contributed by atoms with Crippen LogP contribution in [-0.2, 0) is 16.4 Å². The molecular weight excluding hydrogens is 462 g/mol. The van der Waals surface area contributed by atoms with Crippen molar-refractivity contribution in [2.45, 2.75) is 75.5 Å². The van der Waals surface area contributed by atoms with Crippen LogP contribution in [0.5, 0.6) is 11.5 Å². The molecule has 3 aromatic rings. The highest BCUT2D eigenvalue weighted by Crippen LogP contribution is 2.31. The zero-order valence-electron chi connectivity index (χ0n) is 21.0. The lowest BCUT2D eigenvalue weighted by atomic mass is 10.0. The Kier molecular flexibility index (Phi) is 10.5. The van der Waals surface area contributed by atoms with Gasteiger partial charge in [0.15, 0.2) is 0 Å². The minimum Gasteiger partial charge on any atom is -0.497 e. The van der Waals surface area contributed by atoms with E-state index in [-0.39, 0.29) is 4.90 Å². The summed E-state index contributed by atoms with van der Waals surface area (Å²) in [5, 5.41) is 9.75. The number of unbranched alkanes of at least 4 members (excludes halogenated alkanes) is 9. The standard InChI is InChI=1S/C28H39NO5S/c1-33-24-14-17-26(18-15-24)35(31,32)29-22-23(27-21-25(34-2)16-19-28(27)29)13-11-9-7-5-3-4-6-8-10-12-20-30/h14-19,21-22,30H,3-13,20H2,1-2H3. The molecule has 0 saturated carbocycles. The van der Waals surface area contributed by atoms with Gasteiger partial charge in [-0.05, 0) is 67.3 Å². The van der Waals surface area contributed by atoms with Crippen LogP contribution >= 0.6 is 0 Å². The van der Waals surface area contributed by atoms with Crippen molar-refractivity contribution >= 4 is 20.9 Å². The average molecular weight is 502 g/mol. The van der Waals surface area contributed by atoms with E-state index in [9.17, 15) is 8.42 Å². The van der Waals surface area contributed by atoms with Crippen LogP contribution in [0.15, 0.2) is 53.6 Å². The first-order valence-electron chi connectivity index (χ1n) is 12.7. The fourth-order valence-electron chi connectivity index (χ4n) is 4.47. The second kappa shape index (κ2) is 13.5. The average Bonchev–Trinajstić information content (AvgIpc) is 3.25. The summed E-state index contributed by atoms with van der Waals surface area (Å²) in [6.45, 7) is 0.304. The summed E-state index contributed by atoms with van der Waals surface area (Å²) < 4.78 is 38.9. The van der Waals surface area contributed by atoms with Gasteiger partial charge >= 0.3 is 0 Å². The molecule has 0 aliphatic carbocycles. The maximum Gasteiger partial charge on any atom is 0.268 e. The van der Waals surface area contributed by atoms with Gasteiger partial charge in [-0.25, -0.2) is 12.4 Å². The smallest absolute Gasteiger partial charge is 0.268 e. The quantitative estimate of drug-likeness (QED) is 0.232. The topological polar surface area (TPSA) is 77.8 Å². The minimum absolute atomic E-state index is 0.230. The summed E-state index contributed by atoms with van der Waals surface area (Å²) in [4.78, 5) is 0.230. The molecule has 1 heterocycles. The summed E-state index contributed by atoms with van der Waals surface area (Å²) in [6, 6.07) is 12.0. The van der Waals surface area contributed by atoms with E-state index in [0.717, 1.165) is 48.8 Å². The first-order valence-corrected chi connectivity index (χ1v) is 14.1. The Morgan fingerprint density at radius 3 is 1.86 bits per heavy atom. The third kappa shape index (κ3) is 7.24. The van der Waals surface area contributed by atoms with E-state index in [1.807, 2.05) is 12.1 Å². The molecule has 1 N–H and O–H groups in total. The van der Waals surface area contributed by atoms with Gasteiger partial charge in [0, 0.05) is 18.2 Å². The normalized spacial score (nSPS) is 11.7. The number of fused-ring (bicyclic) bond motifs is 1. The second-order valence-electron chi connectivity index (χ2n) is 9.02. The van der Waals surface area contributed by atoms with E-state index in [4.69, 9.17) is 14.6 Å². The number of hydrogen-bond acceptors (Lipinski definition) is 5. The zero-order chi connectivity index (χ0) is 25.1. The Hall–Kier alpha value is -2.51. The number of aromatic nitrogens is 1. The van der Waals surface area contributed by atoms with Gasteiger partial charge in [-0.2, -0.15) is 0 Å². The number of aliphatic hydroxyl groups excluding tert-OH is 1. The number of methoxy groups -OCH3 is 2. The van der Waals surface area contributed by atoms with Crippen LogP contribution in [0.2, 0.25) is 0 Å². The molecule has 0 unspecified atom stereocenters. The van der Waals surface area contributed by atoms with Crippen molar-refractivity contribution in [3.8, 4) is 11.5 Å². The van der Waals surface area contributed by atoms with Gasteiger partial charge < -0.3 is 14.6 Å². The number of nitrogens with zero attached hydrogens (tertiary/aromatic N) is 1. The lowest BCUT2D eigenvalue weighted by Gasteiger charge is -2.09. The molecule has 0 bridgehead atoms. The maximum atomic E-state index is 13.5. The number of benzene rings is 2. The Bertz CT molecular complexity index is 1150. The van der Waals surface area contributed by atoms with Crippen molar-refractivity contribution in [1.82, 2.24) is 3.97 Å². The number of aliphatic hydroxyl groups is 1. The third-order valence-electron chi connectivity index (χ3n) is 6.53. The number of rotatable bonds is 16.